The first-order valence-corrected chi connectivity index (χ1v) is 8.04. The molecule has 0 heterocycles. The summed E-state index contributed by atoms with van der Waals surface area (Å²) in [6.07, 6.45) is 0. The van der Waals surface area contributed by atoms with Gasteiger partial charge in [0, 0.05) is 5.56 Å². The first-order chi connectivity index (χ1) is 8.50. The second-order valence-electron chi connectivity index (χ2n) is 5.48. The molecule has 0 bridgehead atoms. The van der Waals surface area contributed by atoms with Crippen LogP contribution >= 0.6 is 23.8 Å². The van der Waals surface area contributed by atoms with Gasteiger partial charge in [0.2, 0.25) is 10.0 Å². The summed E-state index contributed by atoms with van der Waals surface area (Å²) >= 11 is 10.8. The van der Waals surface area contributed by atoms with Gasteiger partial charge in [-0.3, -0.25) is 4.72 Å². The number of nitrogens with one attached hydrogen (secondary N) is 1. The average molecular weight is 321 g/mol. The molecule has 1 aromatic rings. The lowest BCUT2D eigenvalue weighted by Crippen LogP contribution is -2.26. The van der Waals surface area contributed by atoms with E-state index in [9.17, 15) is 8.42 Å². The topological polar surface area (TPSA) is 72.2 Å². The van der Waals surface area contributed by atoms with Gasteiger partial charge in [-0.1, -0.05) is 44.6 Å². The fourth-order valence-corrected chi connectivity index (χ4v) is 3.66. The first-order valence-electron chi connectivity index (χ1n) is 5.60. The molecule has 0 aliphatic rings. The van der Waals surface area contributed by atoms with Crippen molar-refractivity contribution < 1.29 is 8.42 Å². The molecule has 0 aliphatic carbocycles. The Hall–Kier alpha value is -0.850. The number of sulfonamides is 1. The van der Waals surface area contributed by atoms with Gasteiger partial charge in [0.1, 0.15) is 4.99 Å². The number of halogens is 1. The van der Waals surface area contributed by atoms with Crippen molar-refractivity contribution in [3.63, 3.8) is 0 Å². The maximum absolute atomic E-state index is 12.0. The molecule has 0 fully saturated rings. The number of hydrogen-bond acceptors (Lipinski definition) is 3. The largest absolute Gasteiger partial charge is 0.389 e. The third-order valence-corrected chi connectivity index (χ3v) is 4.47. The lowest BCUT2D eigenvalue weighted by atomic mass is 10.0. The maximum Gasteiger partial charge on any atom is 0.233 e. The molecule has 0 unspecified atom stereocenters. The van der Waals surface area contributed by atoms with Gasteiger partial charge in [0.15, 0.2) is 0 Å². The zero-order valence-electron chi connectivity index (χ0n) is 11.0. The van der Waals surface area contributed by atoms with Gasteiger partial charge in [0.05, 0.1) is 16.5 Å². The van der Waals surface area contributed by atoms with Crippen LogP contribution in [0.15, 0.2) is 18.2 Å². The van der Waals surface area contributed by atoms with Crippen molar-refractivity contribution in [3.05, 3.63) is 28.8 Å². The van der Waals surface area contributed by atoms with Crippen molar-refractivity contribution in [2.75, 3.05) is 10.5 Å². The molecular weight excluding hydrogens is 304 g/mol. The molecule has 7 heteroatoms. The monoisotopic (exact) mass is 320 g/mol. The zero-order valence-corrected chi connectivity index (χ0v) is 13.4. The molecule has 0 amide bonds. The highest BCUT2D eigenvalue weighted by Gasteiger charge is 2.22. The summed E-state index contributed by atoms with van der Waals surface area (Å²) in [4.78, 5) is 0.214. The molecule has 0 aliphatic heterocycles. The van der Waals surface area contributed by atoms with Crippen molar-refractivity contribution in [1.82, 2.24) is 0 Å². The highest BCUT2D eigenvalue weighted by molar-refractivity contribution is 7.92. The first kappa shape index (κ1) is 16.2. The lowest BCUT2D eigenvalue weighted by Gasteiger charge is -2.19. The standard InChI is InChI=1S/C12H17ClN2O2S2/c1-12(2,3)7-19(16,17)15-10-5-4-8(11(14)18)6-9(10)13/h4-6,15H,7H2,1-3H3,(H2,14,18). The molecule has 1 aromatic carbocycles. The van der Waals surface area contributed by atoms with E-state index in [0.717, 1.165) is 0 Å². The van der Waals surface area contributed by atoms with Gasteiger partial charge in [0.25, 0.3) is 0 Å². The van der Waals surface area contributed by atoms with Crippen LogP contribution in [0.1, 0.15) is 26.3 Å². The predicted octanol–water partition coefficient (Wildman–Crippen LogP) is 2.76. The van der Waals surface area contributed by atoms with Gasteiger partial charge < -0.3 is 5.73 Å². The lowest BCUT2D eigenvalue weighted by molar-refractivity contribution is 0.463. The Bertz CT molecular complexity index is 592. The van der Waals surface area contributed by atoms with E-state index in [2.05, 4.69) is 4.72 Å². The Labute approximate surface area is 124 Å². The molecule has 19 heavy (non-hydrogen) atoms. The molecule has 0 atom stereocenters. The summed E-state index contributed by atoms with van der Waals surface area (Å²) in [7, 11) is -3.45. The van der Waals surface area contributed by atoms with E-state index >= 15 is 0 Å². The molecule has 0 aromatic heterocycles. The van der Waals surface area contributed by atoms with Gasteiger partial charge >= 0.3 is 0 Å². The van der Waals surface area contributed by atoms with Gasteiger partial charge in [-0.15, -0.1) is 0 Å². The summed E-state index contributed by atoms with van der Waals surface area (Å²) in [5.74, 6) is 0.00732. The number of nitrogens with two attached hydrogens (primary N) is 1. The highest BCUT2D eigenvalue weighted by Crippen LogP contribution is 2.25. The van der Waals surface area contributed by atoms with Crippen LogP contribution in [0.4, 0.5) is 5.69 Å². The molecule has 0 radical (unpaired) electrons. The molecular formula is C12H17ClN2O2S2. The molecule has 3 N–H and O–H groups in total. The predicted molar refractivity (Wildman–Crippen MR) is 84.2 cm³/mol. The zero-order chi connectivity index (χ0) is 14.8. The number of benzene rings is 1. The molecule has 0 spiro atoms. The summed E-state index contributed by atoms with van der Waals surface area (Å²) in [6.45, 7) is 5.55. The minimum absolute atomic E-state index is 0.00732. The van der Waals surface area contributed by atoms with E-state index in [1.807, 2.05) is 20.8 Å². The van der Waals surface area contributed by atoms with Crippen LogP contribution in [-0.2, 0) is 10.0 Å². The van der Waals surface area contributed by atoms with E-state index in [0.29, 0.717) is 11.3 Å². The quantitative estimate of drug-likeness (QED) is 0.837. The Morgan fingerprint density at radius 2 is 2.00 bits per heavy atom. The van der Waals surface area contributed by atoms with Crippen LogP contribution in [0.3, 0.4) is 0 Å². The van der Waals surface area contributed by atoms with Gasteiger partial charge in [-0.2, -0.15) is 0 Å². The molecule has 106 valence electrons. The number of anilines is 1. The van der Waals surface area contributed by atoms with E-state index in [-0.39, 0.29) is 21.2 Å². The smallest absolute Gasteiger partial charge is 0.233 e. The summed E-state index contributed by atoms with van der Waals surface area (Å²) in [6, 6.07) is 4.72. The summed E-state index contributed by atoms with van der Waals surface area (Å²) in [5, 5.41) is 0.266. The Morgan fingerprint density at radius 3 is 2.42 bits per heavy atom. The summed E-state index contributed by atoms with van der Waals surface area (Å²) in [5.41, 5.74) is 6.06. The van der Waals surface area contributed by atoms with Crippen molar-refractivity contribution in [3.8, 4) is 0 Å². The van der Waals surface area contributed by atoms with E-state index in [4.69, 9.17) is 29.6 Å². The highest BCUT2D eigenvalue weighted by atomic mass is 35.5. The van der Waals surface area contributed by atoms with Gasteiger partial charge in [-0.05, 0) is 23.6 Å². The van der Waals surface area contributed by atoms with Crippen molar-refractivity contribution in [1.29, 1.82) is 0 Å². The molecule has 0 saturated heterocycles. The Morgan fingerprint density at radius 1 is 1.42 bits per heavy atom. The fourth-order valence-electron chi connectivity index (χ4n) is 1.52. The number of hydrogen-bond donors (Lipinski definition) is 2. The minimum Gasteiger partial charge on any atom is -0.389 e. The third kappa shape index (κ3) is 5.34. The second kappa shape index (κ2) is 5.64. The van der Waals surface area contributed by atoms with Crippen LogP contribution in [0.2, 0.25) is 5.02 Å². The van der Waals surface area contributed by atoms with Crippen molar-refractivity contribution >= 4 is 44.5 Å². The van der Waals surface area contributed by atoms with Crippen molar-refractivity contribution in [2.24, 2.45) is 11.1 Å². The van der Waals surface area contributed by atoms with Crippen LogP contribution in [0, 0.1) is 5.41 Å². The summed E-state index contributed by atoms with van der Waals surface area (Å²) < 4.78 is 26.4. The molecule has 1 rings (SSSR count). The van der Waals surface area contributed by atoms with Crippen LogP contribution in [0.25, 0.3) is 0 Å². The van der Waals surface area contributed by atoms with E-state index in [1.165, 1.54) is 0 Å². The minimum atomic E-state index is -3.45. The van der Waals surface area contributed by atoms with Gasteiger partial charge in [-0.25, -0.2) is 8.42 Å². The second-order valence-corrected chi connectivity index (χ2v) is 8.05. The van der Waals surface area contributed by atoms with Crippen LogP contribution < -0.4 is 10.5 Å². The third-order valence-electron chi connectivity index (χ3n) is 2.14. The number of rotatable bonds is 4. The SMILES string of the molecule is CC(C)(C)CS(=O)(=O)Nc1ccc(C(N)=S)cc1Cl. The van der Waals surface area contributed by atoms with E-state index < -0.39 is 10.0 Å². The fraction of sp³-hybridized carbons (Fsp3) is 0.417. The van der Waals surface area contributed by atoms with Crippen LogP contribution in [-0.4, -0.2) is 19.2 Å². The molecule has 0 saturated carbocycles. The van der Waals surface area contributed by atoms with Crippen molar-refractivity contribution in [2.45, 2.75) is 20.8 Å². The maximum atomic E-state index is 12.0. The van der Waals surface area contributed by atoms with E-state index in [1.54, 1.807) is 18.2 Å². The van der Waals surface area contributed by atoms with Crippen LogP contribution in [0.5, 0.6) is 0 Å². The average Bonchev–Trinajstić information content (AvgIpc) is 2.16. The Balaban J connectivity index is 2.98. The Kier molecular flexibility index (Phi) is 4.81. The molecule has 4 nitrogen and oxygen atoms in total. The normalized spacial score (nSPS) is 12.2. The number of thiocarbonyl (C=S) groups is 1.